The van der Waals surface area contributed by atoms with Crippen LogP contribution in [0.3, 0.4) is 0 Å². The summed E-state index contributed by atoms with van der Waals surface area (Å²) in [4.78, 5) is 15.2. The van der Waals surface area contributed by atoms with Crippen molar-refractivity contribution in [3.63, 3.8) is 0 Å². The Morgan fingerprint density at radius 1 is 1.16 bits per heavy atom. The molecule has 0 aromatic heterocycles. The fraction of sp³-hybridized carbons (Fsp3) is 0.286. The number of carbonyl (C=O) groups excluding carboxylic acids is 1. The first-order valence-corrected chi connectivity index (χ1v) is 8.73. The molecule has 1 aliphatic carbocycles. The van der Waals surface area contributed by atoms with E-state index in [9.17, 15) is 4.79 Å². The highest BCUT2D eigenvalue weighted by molar-refractivity contribution is 6.15. The van der Waals surface area contributed by atoms with Gasteiger partial charge in [-0.2, -0.15) is 0 Å². The Bertz CT molecular complexity index is 897. The molecular formula is C21H19NO3. The molecule has 2 aliphatic heterocycles. The first-order chi connectivity index (χ1) is 12.2. The molecule has 4 nitrogen and oxygen atoms in total. The average molecular weight is 333 g/mol. The van der Waals surface area contributed by atoms with Gasteiger partial charge >= 0.3 is 0 Å². The summed E-state index contributed by atoms with van der Waals surface area (Å²) in [6.45, 7) is 3.44. The van der Waals surface area contributed by atoms with E-state index in [2.05, 4.69) is 4.90 Å². The molecule has 0 radical (unpaired) electrons. The predicted octanol–water partition coefficient (Wildman–Crippen LogP) is 3.93. The summed E-state index contributed by atoms with van der Waals surface area (Å²) in [5, 5.41) is 0. The summed E-state index contributed by atoms with van der Waals surface area (Å²) in [7, 11) is 0. The molecule has 0 amide bonds. The summed E-state index contributed by atoms with van der Waals surface area (Å²) in [5.74, 6) is 1.86. The number of hydrogen-bond donors (Lipinski definition) is 0. The lowest BCUT2D eigenvalue weighted by molar-refractivity contribution is 0.0872. The monoisotopic (exact) mass is 333 g/mol. The van der Waals surface area contributed by atoms with E-state index in [1.807, 2.05) is 43.3 Å². The number of ketones is 1. The molecule has 0 saturated heterocycles. The van der Waals surface area contributed by atoms with Crippen LogP contribution in [0, 0.1) is 6.92 Å². The maximum absolute atomic E-state index is 12.8. The molecule has 0 spiro atoms. The van der Waals surface area contributed by atoms with Crippen LogP contribution in [-0.2, 0) is 6.54 Å². The van der Waals surface area contributed by atoms with Gasteiger partial charge in [0.15, 0.2) is 5.76 Å². The maximum Gasteiger partial charge on any atom is 0.231 e. The lowest BCUT2D eigenvalue weighted by atomic mass is 10.00. The zero-order valence-corrected chi connectivity index (χ0v) is 14.1. The Balaban J connectivity index is 1.52. The minimum Gasteiger partial charge on any atom is -0.477 e. The van der Waals surface area contributed by atoms with Crippen LogP contribution >= 0.6 is 0 Å². The van der Waals surface area contributed by atoms with Crippen LogP contribution in [0.2, 0.25) is 0 Å². The smallest absolute Gasteiger partial charge is 0.231 e. The van der Waals surface area contributed by atoms with Gasteiger partial charge in [-0.15, -0.1) is 0 Å². The van der Waals surface area contributed by atoms with Crippen LogP contribution in [0.1, 0.15) is 39.9 Å². The highest BCUT2D eigenvalue weighted by Gasteiger charge is 2.36. The van der Waals surface area contributed by atoms with Crippen molar-refractivity contribution in [1.29, 1.82) is 0 Å². The molecule has 2 aromatic rings. The Kier molecular flexibility index (Phi) is 3.22. The van der Waals surface area contributed by atoms with Crippen molar-refractivity contribution in [3.05, 3.63) is 64.4 Å². The first-order valence-electron chi connectivity index (χ1n) is 8.73. The quantitative estimate of drug-likeness (QED) is 0.781. The third kappa shape index (κ3) is 2.45. The van der Waals surface area contributed by atoms with Gasteiger partial charge in [0, 0.05) is 23.7 Å². The lowest BCUT2D eigenvalue weighted by Crippen LogP contribution is -2.34. The molecule has 0 bridgehead atoms. The number of carbonyl (C=O) groups is 1. The molecule has 1 fully saturated rings. The summed E-state index contributed by atoms with van der Waals surface area (Å²) < 4.78 is 11.9. The van der Waals surface area contributed by atoms with Crippen LogP contribution in [0.4, 0.5) is 0 Å². The van der Waals surface area contributed by atoms with Crippen molar-refractivity contribution in [3.8, 4) is 11.5 Å². The van der Waals surface area contributed by atoms with E-state index in [0.717, 1.165) is 29.0 Å². The molecule has 5 rings (SSSR count). The second-order valence-corrected chi connectivity index (χ2v) is 6.97. The van der Waals surface area contributed by atoms with E-state index in [0.29, 0.717) is 29.8 Å². The zero-order chi connectivity index (χ0) is 17.0. The zero-order valence-electron chi connectivity index (χ0n) is 14.1. The number of benzene rings is 2. The summed E-state index contributed by atoms with van der Waals surface area (Å²) in [5.41, 5.74) is 3.62. The molecule has 0 unspecified atom stereocenters. The van der Waals surface area contributed by atoms with Gasteiger partial charge in [0.25, 0.3) is 0 Å². The van der Waals surface area contributed by atoms with Gasteiger partial charge in [-0.1, -0.05) is 30.3 Å². The number of Topliss-reactive ketones (excluding diaryl/α,β-unsaturated/α-hetero) is 1. The topological polar surface area (TPSA) is 38.8 Å². The third-order valence-electron chi connectivity index (χ3n) is 5.13. The van der Waals surface area contributed by atoms with Gasteiger partial charge in [-0.25, -0.2) is 0 Å². The minimum absolute atomic E-state index is 0.0479. The summed E-state index contributed by atoms with van der Waals surface area (Å²) >= 11 is 0. The molecule has 1 saturated carbocycles. The van der Waals surface area contributed by atoms with E-state index in [4.69, 9.17) is 9.47 Å². The van der Waals surface area contributed by atoms with Crippen molar-refractivity contribution >= 4 is 11.9 Å². The van der Waals surface area contributed by atoms with E-state index < -0.39 is 0 Å². The van der Waals surface area contributed by atoms with Crippen LogP contribution < -0.4 is 9.47 Å². The largest absolute Gasteiger partial charge is 0.477 e. The van der Waals surface area contributed by atoms with Gasteiger partial charge in [0.2, 0.25) is 5.78 Å². The molecule has 2 aromatic carbocycles. The standard InChI is InChI=1S/C21H19NO3/c1-13-20-15(11-22(12-24-20)16-7-8-16)10-17-19(23)18(25-21(13)17)9-14-5-3-2-4-6-14/h2-6,9-10,16H,7-8,11-12H2,1H3/b18-9-. The number of hydrogen-bond acceptors (Lipinski definition) is 4. The number of fused-ring (bicyclic) bond motifs is 2. The highest BCUT2D eigenvalue weighted by Crippen LogP contribution is 2.44. The second-order valence-electron chi connectivity index (χ2n) is 6.97. The Hall–Kier alpha value is -2.59. The van der Waals surface area contributed by atoms with Crippen molar-refractivity contribution in [2.45, 2.75) is 32.4 Å². The van der Waals surface area contributed by atoms with Gasteiger partial charge in [-0.3, -0.25) is 9.69 Å². The fourth-order valence-electron chi connectivity index (χ4n) is 3.64. The lowest BCUT2D eigenvalue weighted by Gasteiger charge is -2.30. The van der Waals surface area contributed by atoms with Crippen molar-refractivity contribution in [1.82, 2.24) is 4.90 Å². The van der Waals surface area contributed by atoms with Crippen molar-refractivity contribution < 1.29 is 14.3 Å². The van der Waals surface area contributed by atoms with Gasteiger partial charge in [0.1, 0.15) is 18.2 Å². The Morgan fingerprint density at radius 2 is 1.96 bits per heavy atom. The molecule has 126 valence electrons. The second kappa shape index (κ2) is 5.46. The summed E-state index contributed by atoms with van der Waals surface area (Å²) in [6, 6.07) is 12.4. The molecule has 4 heteroatoms. The van der Waals surface area contributed by atoms with Gasteiger partial charge < -0.3 is 9.47 Å². The number of ether oxygens (including phenoxy) is 2. The van der Waals surface area contributed by atoms with Crippen LogP contribution in [-0.4, -0.2) is 23.5 Å². The number of allylic oxidation sites excluding steroid dienone is 1. The number of rotatable bonds is 2. The van der Waals surface area contributed by atoms with Crippen LogP contribution in [0.25, 0.3) is 6.08 Å². The first kappa shape index (κ1) is 14.7. The predicted molar refractivity (Wildman–Crippen MR) is 94.6 cm³/mol. The van der Waals surface area contributed by atoms with Gasteiger partial charge in [0.05, 0.1) is 5.56 Å². The van der Waals surface area contributed by atoms with E-state index in [1.165, 1.54) is 12.8 Å². The average Bonchev–Trinajstić information content (AvgIpc) is 3.44. The highest BCUT2D eigenvalue weighted by atomic mass is 16.5. The Labute approximate surface area is 146 Å². The molecular weight excluding hydrogens is 314 g/mol. The number of nitrogens with zero attached hydrogens (tertiary/aromatic N) is 1. The molecule has 3 aliphatic rings. The fourth-order valence-corrected chi connectivity index (χ4v) is 3.64. The minimum atomic E-state index is -0.0479. The van der Waals surface area contributed by atoms with Crippen molar-refractivity contribution in [2.24, 2.45) is 0 Å². The summed E-state index contributed by atoms with van der Waals surface area (Å²) in [6.07, 6.45) is 4.29. The third-order valence-corrected chi connectivity index (χ3v) is 5.13. The molecule has 2 heterocycles. The van der Waals surface area contributed by atoms with Gasteiger partial charge in [-0.05, 0) is 37.5 Å². The van der Waals surface area contributed by atoms with Crippen LogP contribution in [0.15, 0.2) is 42.2 Å². The van der Waals surface area contributed by atoms with E-state index in [-0.39, 0.29) is 5.78 Å². The van der Waals surface area contributed by atoms with E-state index >= 15 is 0 Å². The molecule has 0 N–H and O–H groups in total. The normalized spacial score (nSPS) is 20.8. The molecule has 25 heavy (non-hydrogen) atoms. The van der Waals surface area contributed by atoms with E-state index in [1.54, 1.807) is 6.08 Å². The van der Waals surface area contributed by atoms with Crippen LogP contribution in [0.5, 0.6) is 11.5 Å². The van der Waals surface area contributed by atoms with Crippen molar-refractivity contribution in [2.75, 3.05) is 6.73 Å². The Morgan fingerprint density at radius 3 is 2.72 bits per heavy atom. The maximum atomic E-state index is 12.8. The SMILES string of the molecule is Cc1c2c(cc3c1O/C(=C\c1ccccc1)C3=O)CN(C1CC1)CO2. The molecule has 0 atom stereocenters.